The van der Waals surface area contributed by atoms with Crippen molar-refractivity contribution in [1.82, 2.24) is 0 Å². The van der Waals surface area contributed by atoms with E-state index in [1.165, 1.54) is 36.4 Å². The zero-order chi connectivity index (χ0) is 17.4. The lowest BCUT2D eigenvalue weighted by atomic mass is 10.0. The number of halogens is 2. The number of nitrogens with zero attached hydrogens (tertiary/aromatic N) is 1. The molecule has 5 nitrogen and oxygen atoms in total. The number of anilines is 1. The molecule has 0 atom stereocenters. The van der Waals surface area contributed by atoms with Gasteiger partial charge in [0.2, 0.25) is 0 Å². The fourth-order valence-corrected chi connectivity index (χ4v) is 2.59. The van der Waals surface area contributed by atoms with Crippen molar-refractivity contribution in [1.29, 1.82) is 0 Å². The molecule has 1 amide bonds. The van der Waals surface area contributed by atoms with E-state index in [0.717, 1.165) is 4.90 Å². The van der Waals surface area contributed by atoms with Crippen LogP contribution >= 0.6 is 0 Å². The topological polar surface area (TPSA) is 74.7 Å². The van der Waals surface area contributed by atoms with Gasteiger partial charge in [-0.2, -0.15) is 0 Å². The molecule has 0 aliphatic carbocycles. The molecule has 0 spiro atoms. The van der Waals surface area contributed by atoms with Crippen molar-refractivity contribution in [3.8, 4) is 11.1 Å². The van der Waals surface area contributed by atoms with Gasteiger partial charge in [-0.3, -0.25) is 19.3 Å². The monoisotopic (exact) mass is 331 g/mol. The lowest BCUT2D eigenvalue weighted by Crippen LogP contribution is -2.34. The van der Waals surface area contributed by atoms with E-state index >= 15 is 0 Å². The second kappa shape index (κ2) is 5.84. The van der Waals surface area contributed by atoms with Crippen molar-refractivity contribution >= 4 is 23.3 Å². The smallest absolute Gasteiger partial charge is 0.323 e. The van der Waals surface area contributed by atoms with Crippen LogP contribution in [0.1, 0.15) is 22.3 Å². The van der Waals surface area contributed by atoms with Crippen LogP contribution in [0.2, 0.25) is 0 Å². The number of benzene rings is 2. The molecule has 0 saturated heterocycles. The number of hydrogen-bond donors (Lipinski definition) is 1. The first kappa shape index (κ1) is 15.8. The summed E-state index contributed by atoms with van der Waals surface area (Å²) in [5, 5.41) is 8.84. The zero-order valence-corrected chi connectivity index (χ0v) is 12.2. The summed E-state index contributed by atoms with van der Waals surface area (Å²) >= 11 is 0. The Morgan fingerprint density at radius 3 is 2.25 bits per heavy atom. The van der Waals surface area contributed by atoms with Crippen LogP contribution in [0.25, 0.3) is 11.1 Å². The molecule has 0 bridgehead atoms. The van der Waals surface area contributed by atoms with Gasteiger partial charge in [0, 0.05) is 5.56 Å². The number of fused-ring (bicyclic) bond motifs is 1. The minimum atomic E-state index is -2.57. The summed E-state index contributed by atoms with van der Waals surface area (Å²) in [6.45, 7) is -0.597. The molecule has 122 valence electrons. The molecule has 0 fully saturated rings. The van der Waals surface area contributed by atoms with Crippen molar-refractivity contribution in [2.75, 3.05) is 11.4 Å². The highest BCUT2D eigenvalue weighted by Crippen LogP contribution is 2.33. The average molecular weight is 331 g/mol. The first-order valence-corrected chi connectivity index (χ1v) is 6.99. The van der Waals surface area contributed by atoms with Crippen LogP contribution in [0.4, 0.5) is 14.5 Å². The van der Waals surface area contributed by atoms with Gasteiger partial charge in [0.1, 0.15) is 6.54 Å². The number of carbonyl (C=O) groups excluding carboxylic acids is 2. The largest absolute Gasteiger partial charge is 0.480 e. The molecule has 24 heavy (non-hydrogen) atoms. The summed E-state index contributed by atoms with van der Waals surface area (Å²) in [6.07, 6.45) is -2.57. The molecule has 0 radical (unpaired) electrons. The van der Waals surface area contributed by atoms with Crippen molar-refractivity contribution < 1.29 is 28.3 Å². The number of hydrogen-bond acceptors (Lipinski definition) is 3. The first-order valence-electron chi connectivity index (χ1n) is 6.99. The van der Waals surface area contributed by atoms with E-state index in [1.54, 1.807) is 6.07 Å². The number of carboxylic acids is 1. The molecule has 1 aliphatic heterocycles. The maximum Gasteiger partial charge on any atom is 0.323 e. The van der Waals surface area contributed by atoms with Gasteiger partial charge >= 0.3 is 5.97 Å². The Labute approximate surface area is 135 Å². The third-order valence-electron chi connectivity index (χ3n) is 3.76. The maximum absolute atomic E-state index is 12.6. The number of aliphatic carboxylic acids is 1. The molecule has 1 aliphatic rings. The van der Waals surface area contributed by atoms with Crippen LogP contribution in [-0.2, 0) is 9.59 Å². The van der Waals surface area contributed by atoms with Gasteiger partial charge in [0.15, 0.2) is 0 Å². The number of carbonyl (C=O) groups is 3. The van der Waals surface area contributed by atoms with Crippen LogP contribution in [0.15, 0.2) is 42.5 Å². The number of carboxylic acid groups (broad SMARTS) is 1. The van der Waals surface area contributed by atoms with E-state index in [-0.39, 0.29) is 16.8 Å². The summed E-state index contributed by atoms with van der Waals surface area (Å²) in [4.78, 5) is 35.7. The predicted octanol–water partition coefficient (Wildman–Crippen LogP) is 2.91. The van der Waals surface area contributed by atoms with E-state index in [0.29, 0.717) is 11.1 Å². The van der Waals surface area contributed by atoms with Crippen molar-refractivity contribution in [2.24, 2.45) is 0 Å². The minimum Gasteiger partial charge on any atom is -0.480 e. The number of rotatable bonds is 4. The number of Topliss-reactive ketones (excluding diaryl/α,β-unsaturated/α-hetero) is 1. The highest BCUT2D eigenvalue weighted by molar-refractivity contribution is 6.52. The van der Waals surface area contributed by atoms with Gasteiger partial charge in [-0.25, -0.2) is 8.78 Å². The van der Waals surface area contributed by atoms with E-state index in [9.17, 15) is 23.2 Å². The van der Waals surface area contributed by atoms with Gasteiger partial charge in [0.25, 0.3) is 18.1 Å². The van der Waals surface area contributed by atoms with Gasteiger partial charge < -0.3 is 5.11 Å². The summed E-state index contributed by atoms with van der Waals surface area (Å²) in [6, 6.07) is 10.1. The van der Waals surface area contributed by atoms with Crippen LogP contribution in [0.5, 0.6) is 0 Å². The predicted molar refractivity (Wildman–Crippen MR) is 81.2 cm³/mol. The van der Waals surface area contributed by atoms with Gasteiger partial charge in [-0.05, 0) is 23.3 Å². The van der Waals surface area contributed by atoms with Crippen LogP contribution in [-0.4, -0.2) is 29.3 Å². The standard InChI is InChI=1S/C17H11F2NO4/c18-16(19)10-3-1-9(2-4-10)11-5-6-13-12(7-11)15(23)17(24)20(13)8-14(21)22/h1-7,16H,8H2,(H,21,22). The highest BCUT2D eigenvalue weighted by Gasteiger charge is 2.36. The normalized spacial score (nSPS) is 13.5. The Morgan fingerprint density at radius 2 is 1.67 bits per heavy atom. The van der Waals surface area contributed by atoms with E-state index in [4.69, 9.17) is 5.11 Å². The van der Waals surface area contributed by atoms with Crippen LogP contribution in [0, 0.1) is 0 Å². The molecule has 0 unspecified atom stereocenters. The SMILES string of the molecule is O=C(O)CN1C(=O)C(=O)c2cc(-c3ccc(C(F)F)cc3)ccc21. The van der Waals surface area contributed by atoms with Crippen molar-refractivity contribution in [3.05, 3.63) is 53.6 Å². The molecular weight excluding hydrogens is 320 g/mol. The maximum atomic E-state index is 12.6. The van der Waals surface area contributed by atoms with Crippen LogP contribution < -0.4 is 4.90 Å². The summed E-state index contributed by atoms with van der Waals surface area (Å²) in [5.41, 5.74) is 1.42. The molecule has 2 aromatic carbocycles. The highest BCUT2D eigenvalue weighted by atomic mass is 19.3. The van der Waals surface area contributed by atoms with E-state index in [1.807, 2.05) is 0 Å². The molecule has 3 rings (SSSR count). The Balaban J connectivity index is 1.99. The van der Waals surface area contributed by atoms with Crippen molar-refractivity contribution in [2.45, 2.75) is 6.43 Å². The third kappa shape index (κ3) is 2.64. The summed E-state index contributed by atoms with van der Waals surface area (Å²) < 4.78 is 25.2. The van der Waals surface area contributed by atoms with Crippen molar-refractivity contribution in [3.63, 3.8) is 0 Å². The second-order valence-electron chi connectivity index (χ2n) is 5.27. The summed E-state index contributed by atoms with van der Waals surface area (Å²) in [5.74, 6) is -2.90. The molecule has 0 saturated carbocycles. The van der Waals surface area contributed by atoms with E-state index < -0.39 is 30.6 Å². The lowest BCUT2D eigenvalue weighted by molar-refractivity contribution is -0.136. The molecule has 7 heteroatoms. The molecule has 1 N–H and O–H groups in total. The molecule has 2 aromatic rings. The zero-order valence-electron chi connectivity index (χ0n) is 12.2. The Bertz CT molecular complexity index is 846. The number of amides is 1. The fourth-order valence-electron chi connectivity index (χ4n) is 2.59. The number of alkyl halides is 2. The van der Waals surface area contributed by atoms with Gasteiger partial charge in [0.05, 0.1) is 11.3 Å². The second-order valence-corrected chi connectivity index (χ2v) is 5.27. The quantitative estimate of drug-likeness (QED) is 0.874. The number of ketones is 1. The summed E-state index contributed by atoms with van der Waals surface area (Å²) in [7, 11) is 0. The third-order valence-corrected chi connectivity index (χ3v) is 3.76. The Kier molecular flexibility index (Phi) is 3.84. The fraction of sp³-hybridized carbons (Fsp3) is 0.118. The van der Waals surface area contributed by atoms with Gasteiger partial charge in [-0.1, -0.05) is 30.3 Å². The Hall–Kier alpha value is -3.09. The Morgan fingerprint density at radius 1 is 1.04 bits per heavy atom. The lowest BCUT2D eigenvalue weighted by Gasteiger charge is -2.13. The molecule has 0 aromatic heterocycles. The van der Waals surface area contributed by atoms with Gasteiger partial charge in [-0.15, -0.1) is 0 Å². The minimum absolute atomic E-state index is 0.108. The molecular formula is C17H11F2NO4. The average Bonchev–Trinajstić information content (AvgIpc) is 2.79. The van der Waals surface area contributed by atoms with E-state index in [2.05, 4.69) is 0 Å². The van der Waals surface area contributed by atoms with Crippen LogP contribution in [0.3, 0.4) is 0 Å². The first-order chi connectivity index (χ1) is 11.4. The molecule has 1 heterocycles.